The third-order valence-electron chi connectivity index (χ3n) is 4.55. The summed E-state index contributed by atoms with van der Waals surface area (Å²) in [5.74, 6) is 1.48. The number of benzene rings is 2. The maximum atomic E-state index is 12.9. The number of hydrogen-bond donors (Lipinski definition) is 0. The Labute approximate surface area is 188 Å². The Morgan fingerprint density at radius 1 is 0.906 bits per heavy atom. The first-order chi connectivity index (χ1) is 15.4. The number of carbonyl (C=O) groups excluding carboxylic acids is 2. The number of hydrogen-bond acceptors (Lipinski definition) is 7. The van der Waals surface area contributed by atoms with Crippen LogP contribution in [0.15, 0.2) is 42.5 Å². The Kier molecular flexibility index (Phi) is 9.41. The van der Waals surface area contributed by atoms with Crippen LogP contribution in [0.2, 0.25) is 0 Å². The van der Waals surface area contributed by atoms with Gasteiger partial charge in [0, 0.05) is 18.7 Å². The molecule has 8 nitrogen and oxygen atoms in total. The number of ether oxygens (including phenoxy) is 5. The van der Waals surface area contributed by atoms with Crippen LogP contribution in [-0.4, -0.2) is 58.4 Å². The lowest BCUT2D eigenvalue weighted by atomic mass is 10.1. The molecule has 0 aromatic heterocycles. The number of amides is 1. The van der Waals surface area contributed by atoms with Gasteiger partial charge in [0.2, 0.25) is 5.91 Å². The average molecular weight is 443 g/mol. The average Bonchev–Trinajstić information content (AvgIpc) is 2.81. The third kappa shape index (κ3) is 6.94. The van der Waals surface area contributed by atoms with Crippen LogP contribution in [0, 0.1) is 0 Å². The van der Waals surface area contributed by atoms with Crippen molar-refractivity contribution >= 4 is 18.0 Å². The molecule has 0 bridgehead atoms. The molecule has 1 amide bonds. The molecular formula is C24H29NO7. The van der Waals surface area contributed by atoms with E-state index in [4.69, 9.17) is 23.7 Å². The van der Waals surface area contributed by atoms with Crippen LogP contribution in [0.4, 0.5) is 0 Å². The highest BCUT2D eigenvalue weighted by Gasteiger charge is 2.17. The first-order valence-electron chi connectivity index (χ1n) is 10.0. The first-order valence-corrected chi connectivity index (χ1v) is 10.0. The molecule has 0 heterocycles. The molecule has 0 radical (unpaired) electrons. The Morgan fingerprint density at radius 3 is 2.16 bits per heavy atom. The second kappa shape index (κ2) is 12.2. The summed E-state index contributed by atoms with van der Waals surface area (Å²) >= 11 is 0. The molecule has 2 rings (SSSR count). The molecule has 8 heteroatoms. The van der Waals surface area contributed by atoms with Gasteiger partial charge in [-0.3, -0.25) is 9.59 Å². The summed E-state index contributed by atoms with van der Waals surface area (Å²) in [5.41, 5.74) is 1.50. The van der Waals surface area contributed by atoms with Crippen molar-refractivity contribution in [2.24, 2.45) is 0 Å². The zero-order valence-electron chi connectivity index (χ0n) is 19.0. The van der Waals surface area contributed by atoms with Crippen molar-refractivity contribution in [2.45, 2.75) is 13.5 Å². The van der Waals surface area contributed by atoms with E-state index in [2.05, 4.69) is 0 Å². The Balaban J connectivity index is 2.26. The van der Waals surface area contributed by atoms with Gasteiger partial charge in [0.05, 0.1) is 35.0 Å². The largest absolute Gasteiger partial charge is 0.497 e. The van der Waals surface area contributed by atoms with Crippen LogP contribution < -0.4 is 18.9 Å². The normalized spacial score (nSPS) is 10.5. The fourth-order valence-electron chi connectivity index (χ4n) is 2.95. The van der Waals surface area contributed by atoms with Gasteiger partial charge >= 0.3 is 5.97 Å². The number of esters is 1. The molecule has 0 saturated carbocycles. The SMILES string of the molecule is CCOc1cc(/C=C/C(=O)N(CC(=O)OC)Cc2cc(OC)cc(OC)c2)ccc1OC. The van der Waals surface area contributed by atoms with Gasteiger partial charge in [-0.25, -0.2) is 0 Å². The van der Waals surface area contributed by atoms with Crippen LogP contribution in [0.25, 0.3) is 6.08 Å². The highest BCUT2D eigenvalue weighted by Crippen LogP contribution is 2.28. The van der Waals surface area contributed by atoms with Gasteiger partial charge in [-0.2, -0.15) is 0 Å². The van der Waals surface area contributed by atoms with Crippen molar-refractivity contribution in [3.63, 3.8) is 0 Å². The first kappa shape index (κ1) is 24.6. The highest BCUT2D eigenvalue weighted by atomic mass is 16.5. The summed E-state index contributed by atoms with van der Waals surface area (Å²) in [6.07, 6.45) is 3.05. The molecule has 172 valence electrons. The fourth-order valence-corrected chi connectivity index (χ4v) is 2.95. The number of carbonyl (C=O) groups is 2. The molecule has 0 aliphatic carbocycles. The molecule has 32 heavy (non-hydrogen) atoms. The Morgan fingerprint density at radius 2 is 1.59 bits per heavy atom. The lowest BCUT2D eigenvalue weighted by Crippen LogP contribution is -2.34. The summed E-state index contributed by atoms with van der Waals surface area (Å²) < 4.78 is 26.2. The van der Waals surface area contributed by atoms with Crippen molar-refractivity contribution < 1.29 is 33.3 Å². The van der Waals surface area contributed by atoms with Crippen molar-refractivity contribution in [2.75, 3.05) is 41.6 Å². The molecule has 0 fully saturated rings. The molecule has 0 aliphatic heterocycles. The van der Waals surface area contributed by atoms with E-state index in [1.807, 2.05) is 13.0 Å². The number of nitrogens with zero attached hydrogens (tertiary/aromatic N) is 1. The lowest BCUT2D eigenvalue weighted by molar-refractivity contribution is -0.145. The van der Waals surface area contributed by atoms with E-state index in [0.29, 0.717) is 29.6 Å². The Bertz CT molecular complexity index is 933. The fraction of sp³-hybridized carbons (Fsp3) is 0.333. The molecule has 2 aromatic rings. The van der Waals surface area contributed by atoms with E-state index in [9.17, 15) is 9.59 Å². The lowest BCUT2D eigenvalue weighted by Gasteiger charge is -2.21. The predicted octanol–water partition coefficient (Wildman–Crippen LogP) is 3.33. The predicted molar refractivity (Wildman–Crippen MR) is 120 cm³/mol. The van der Waals surface area contributed by atoms with Crippen LogP contribution >= 0.6 is 0 Å². The van der Waals surface area contributed by atoms with Gasteiger partial charge in [0.25, 0.3) is 0 Å². The monoisotopic (exact) mass is 443 g/mol. The molecule has 2 aromatic carbocycles. The number of methoxy groups -OCH3 is 4. The van der Waals surface area contributed by atoms with E-state index < -0.39 is 5.97 Å². The summed E-state index contributed by atoms with van der Waals surface area (Å²) in [5, 5.41) is 0. The van der Waals surface area contributed by atoms with E-state index in [0.717, 1.165) is 11.1 Å². The zero-order valence-corrected chi connectivity index (χ0v) is 19.0. The van der Waals surface area contributed by atoms with E-state index in [-0.39, 0.29) is 19.0 Å². The molecule has 0 atom stereocenters. The second-order valence-corrected chi connectivity index (χ2v) is 6.67. The molecule has 0 unspecified atom stereocenters. The van der Waals surface area contributed by atoms with Crippen molar-refractivity contribution in [1.29, 1.82) is 0 Å². The minimum absolute atomic E-state index is 0.165. The second-order valence-electron chi connectivity index (χ2n) is 6.67. The minimum Gasteiger partial charge on any atom is -0.497 e. The quantitative estimate of drug-likeness (QED) is 0.389. The van der Waals surface area contributed by atoms with Gasteiger partial charge in [0.15, 0.2) is 11.5 Å². The standard InChI is InChI=1S/C24H29NO7/c1-6-32-22-13-17(7-9-21(22)30-4)8-10-23(26)25(16-24(27)31-5)15-18-11-19(28-2)14-20(12-18)29-3/h7-14H,6,15-16H2,1-5H3/b10-8+. The number of rotatable bonds is 11. The van der Waals surface area contributed by atoms with Gasteiger partial charge in [-0.1, -0.05) is 6.07 Å². The van der Waals surface area contributed by atoms with Crippen LogP contribution in [0.1, 0.15) is 18.1 Å². The van der Waals surface area contributed by atoms with Gasteiger partial charge in [-0.15, -0.1) is 0 Å². The molecule has 0 N–H and O–H groups in total. The minimum atomic E-state index is -0.523. The molecule has 0 saturated heterocycles. The van der Waals surface area contributed by atoms with Crippen molar-refractivity contribution in [1.82, 2.24) is 4.90 Å². The van der Waals surface area contributed by atoms with Gasteiger partial charge in [-0.05, 0) is 48.4 Å². The summed E-state index contributed by atoms with van der Waals surface area (Å²) in [4.78, 5) is 26.2. The van der Waals surface area contributed by atoms with Crippen LogP contribution in [0.3, 0.4) is 0 Å². The maximum Gasteiger partial charge on any atom is 0.325 e. The van der Waals surface area contributed by atoms with E-state index >= 15 is 0 Å². The van der Waals surface area contributed by atoms with Crippen molar-refractivity contribution in [3.05, 3.63) is 53.6 Å². The highest BCUT2D eigenvalue weighted by molar-refractivity contribution is 5.93. The Hall–Kier alpha value is -3.68. The zero-order chi connectivity index (χ0) is 23.5. The smallest absolute Gasteiger partial charge is 0.325 e. The topological polar surface area (TPSA) is 83.5 Å². The third-order valence-corrected chi connectivity index (χ3v) is 4.55. The summed E-state index contributed by atoms with van der Waals surface area (Å²) in [6, 6.07) is 10.6. The van der Waals surface area contributed by atoms with E-state index in [1.54, 1.807) is 57.7 Å². The molecule has 0 spiro atoms. The summed E-state index contributed by atoms with van der Waals surface area (Å²) in [6.45, 7) is 2.33. The van der Waals surface area contributed by atoms with Crippen LogP contribution in [0.5, 0.6) is 23.0 Å². The molecule has 0 aliphatic rings. The van der Waals surface area contributed by atoms with E-state index in [1.165, 1.54) is 18.1 Å². The van der Waals surface area contributed by atoms with Crippen LogP contribution in [-0.2, 0) is 20.9 Å². The van der Waals surface area contributed by atoms with Gasteiger partial charge in [0.1, 0.15) is 18.0 Å². The summed E-state index contributed by atoms with van der Waals surface area (Å²) in [7, 11) is 5.94. The maximum absolute atomic E-state index is 12.9. The van der Waals surface area contributed by atoms with Crippen molar-refractivity contribution in [3.8, 4) is 23.0 Å². The molecular weight excluding hydrogens is 414 g/mol. The van der Waals surface area contributed by atoms with Gasteiger partial charge < -0.3 is 28.6 Å².